The summed E-state index contributed by atoms with van der Waals surface area (Å²) in [5.74, 6) is -0.486. The molecule has 1 N–H and O–H groups in total. The summed E-state index contributed by atoms with van der Waals surface area (Å²) in [4.78, 5) is 28.2. The number of amides is 2. The second-order valence-electron chi connectivity index (χ2n) is 8.86. The molecule has 0 radical (unpaired) electrons. The van der Waals surface area contributed by atoms with Crippen molar-refractivity contribution < 1.29 is 31.9 Å². The lowest BCUT2D eigenvalue weighted by molar-refractivity contribution is -0.140. The van der Waals surface area contributed by atoms with Gasteiger partial charge in [-0.25, -0.2) is 12.8 Å². The van der Waals surface area contributed by atoms with Crippen molar-refractivity contribution in [3.63, 3.8) is 0 Å². The number of nitrogens with zero attached hydrogens (tertiary/aromatic N) is 2. The molecule has 0 fully saturated rings. The Morgan fingerprint density at radius 1 is 0.925 bits per heavy atom. The number of hydrogen-bond donors (Lipinski definition) is 1. The molecular weight excluding hydrogens is 537 g/mol. The van der Waals surface area contributed by atoms with Crippen LogP contribution in [-0.2, 0) is 26.2 Å². The van der Waals surface area contributed by atoms with Crippen LogP contribution in [0.25, 0.3) is 0 Å². The van der Waals surface area contributed by atoms with Gasteiger partial charge in [0.05, 0.1) is 24.8 Å². The first-order valence-electron chi connectivity index (χ1n) is 12.8. The minimum Gasteiger partial charge on any atom is -0.497 e. The Bertz CT molecular complexity index is 1400. The number of anilines is 1. The molecule has 3 aromatic carbocycles. The number of ether oxygens (including phenoxy) is 2. The van der Waals surface area contributed by atoms with Crippen LogP contribution in [0.2, 0.25) is 0 Å². The van der Waals surface area contributed by atoms with E-state index in [2.05, 4.69) is 5.32 Å². The van der Waals surface area contributed by atoms with Crippen molar-refractivity contribution in [2.45, 2.75) is 37.8 Å². The fourth-order valence-corrected chi connectivity index (χ4v) is 5.60. The maximum atomic E-state index is 14.0. The molecule has 40 heavy (non-hydrogen) atoms. The summed E-state index contributed by atoms with van der Waals surface area (Å²) in [6.45, 7) is 3.32. The molecule has 0 unspecified atom stereocenters. The van der Waals surface area contributed by atoms with Gasteiger partial charge in [-0.1, -0.05) is 19.1 Å². The number of methoxy groups -OCH3 is 2. The van der Waals surface area contributed by atoms with E-state index < -0.39 is 34.3 Å². The number of nitrogens with one attached hydrogen (secondary N) is 1. The summed E-state index contributed by atoms with van der Waals surface area (Å²) in [5.41, 5.74) is 0.791. The zero-order valence-corrected chi connectivity index (χ0v) is 23.8. The topological polar surface area (TPSA) is 105 Å². The standard InChI is InChI=1S/C29H34FN3O6S/c1-5-27(29(35)31-6-2)32(19-21-8-7-9-25(18-21)39-4)28(34)20-33(23-12-10-22(30)11-13-23)40(36,37)26-16-14-24(38-3)15-17-26/h7-18,27H,5-6,19-20H2,1-4H3,(H,31,35)/t27-/m0/s1. The average Bonchev–Trinajstić information content (AvgIpc) is 2.96. The van der Waals surface area contributed by atoms with E-state index in [0.29, 0.717) is 30.0 Å². The molecule has 0 aromatic heterocycles. The van der Waals surface area contributed by atoms with Crippen molar-refractivity contribution >= 4 is 27.5 Å². The molecule has 0 aliphatic carbocycles. The molecule has 2 amide bonds. The summed E-state index contributed by atoms with van der Waals surface area (Å²) >= 11 is 0. The van der Waals surface area contributed by atoms with Gasteiger partial charge in [-0.05, 0) is 79.6 Å². The van der Waals surface area contributed by atoms with Crippen LogP contribution in [0.1, 0.15) is 25.8 Å². The maximum Gasteiger partial charge on any atom is 0.264 e. The lowest BCUT2D eigenvalue weighted by Crippen LogP contribution is -2.52. The van der Waals surface area contributed by atoms with Crippen LogP contribution in [0.3, 0.4) is 0 Å². The van der Waals surface area contributed by atoms with Gasteiger partial charge in [-0.3, -0.25) is 13.9 Å². The third kappa shape index (κ3) is 7.29. The first kappa shape index (κ1) is 30.4. The first-order chi connectivity index (χ1) is 19.1. The van der Waals surface area contributed by atoms with Crippen LogP contribution >= 0.6 is 0 Å². The average molecular weight is 572 g/mol. The summed E-state index contributed by atoms with van der Waals surface area (Å²) in [6, 6.07) is 16.7. The van der Waals surface area contributed by atoms with Crippen LogP contribution in [-0.4, -0.2) is 58.5 Å². The van der Waals surface area contributed by atoms with Gasteiger partial charge in [0.2, 0.25) is 11.8 Å². The highest BCUT2D eigenvalue weighted by atomic mass is 32.2. The Kier molecular flexibility index (Phi) is 10.5. The molecule has 11 heteroatoms. The van der Waals surface area contributed by atoms with E-state index in [-0.39, 0.29) is 23.0 Å². The molecule has 0 bridgehead atoms. The Morgan fingerprint density at radius 3 is 2.15 bits per heavy atom. The van der Waals surface area contributed by atoms with Gasteiger partial charge in [0.15, 0.2) is 0 Å². The molecule has 0 aliphatic heterocycles. The largest absolute Gasteiger partial charge is 0.497 e. The van der Waals surface area contributed by atoms with Gasteiger partial charge in [0.25, 0.3) is 10.0 Å². The number of hydrogen-bond acceptors (Lipinski definition) is 6. The first-order valence-corrected chi connectivity index (χ1v) is 14.2. The molecule has 3 rings (SSSR count). The van der Waals surface area contributed by atoms with Gasteiger partial charge < -0.3 is 19.7 Å². The van der Waals surface area contributed by atoms with Crippen molar-refractivity contribution in [2.24, 2.45) is 0 Å². The normalized spacial score (nSPS) is 11.8. The number of carbonyl (C=O) groups excluding carboxylic acids is 2. The molecule has 0 aliphatic rings. The summed E-state index contributed by atoms with van der Waals surface area (Å²) in [7, 11) is -1.29. The minimum absolute atomic E-state index is 0.0332. The molecule has 0 saturated carbocycles. The Morgan fingerprint density at radius 2 is 1.57 bits per heavy atom. The number of rotatable bonds is 13. The van der Waals surface area contributed by atoms with Crippen LogP contribution in [0, 0.1) is 5.82 Å². The Balaban J connectivity index is 2.06. The minimum atomic E-state index is -4.28. The van der Waals surface area contributed by atoms with Crippen molar-refractivity contribution in [2.75, 3.05) is 31.6 Å². The van der Waals surface area contributed by atoms with Crippen LogP contribution in [0.4, 0.5) is 10.1 Å². The van der Waals surface area contributed by atoms with Crippen LogP contribution in [0.5, 0.6) is 11.5 Å². The predicted molar refractivity (Wildman–Crippen MR) is 150 cm³/mol. The van der Waals surface area contributed by atoms with Gasteiger partial charge in [0.1, 0.15) is 29.9 Å². The number of likely N-dealkylation sites (N-methyl/N-ethyl adjacent to an activating group) is 1. The number of benzene rings is 3. The predicted octanol–water partition coefficient (Wildman–Crippen LogP) is 3.98. The Labute approximate surface area is 234 Å². The summed E-state index contributed by atoms with van der Waals surface area (Å²) < 4.78 is 52.7. The fraction of sp³-hybridized carbons (Fsp3) is 0.310. The highest BCUT2D eigenvalue weighted by molar-refractivity contribution is 7.92. The smallest absolute Gasteiger partial charge is 0.264 e. The van der Waals surface area contributed by atoms with Crippen molar-refractivity contribution in [1.29, 1.82) is 0 Å². The van der Waals surface area contributed by atoms with E-state index in [1.165, 1.54) is 55.5 Å². The molecule has 0 saturated heterocycles. The number of halogens is 1. The number of sulfonamides is 1. The van der Waals surface area contributed by atoms with Crippen LogP contribution in [0.15, 0.2) is 77.7 Å². The SMILES string of the molecule is CCNC(=O)[C@H](CC)N(Cc1cccc(OC)c1)C(=O)CN(c1ccc(F)cc1)S(=O)(=O)c1ccc(OC)cc1. The highest BCUT2D eigenvalue weighted by Crippen LogP contribution is 2.26. The zero-order chi connectivity index (χ0) is 29.3. The molecule has 9 nitrogen and oxygen atoms in total. The summed E-state index contributed by atoms with van der Waals surface area (Å²) in [5, 5.41) is 2.76. The summed E-state index contributed by atoms with van der Waals surface area (Å²) in [6.07, 6.45) is 0.295. The van der Waals surface area contributed by atoms with Crippen molar-refractivity contribution in [1.82, 2.24) is 10.2 Å². The lowest BCUT2D eigenvalue weighted by atomic mass is 10.1. The molecular formula is C29H34FN3O6S. The van der Waals surface area contributed by atoms with E-state index >= 15 is 0 Å². The molecule has 3 aromatic rings. The quantitative estimate of drug-likeness (QED) is 0.333. The second-order valence-corrected chi connectivity index (χ2v) is 10.7. The third-order valence-electron chi connectivity index (χ3n) is 6.26. The van der Waals surface area contributed by atoms with Crippen molar-refractivity contribution in [3.8, 4) is 11.5 Å². The van der Waals surface area contributed by atoms with E-state index in [9.17, 15) is 22.4 Å². The monoisotopic (exact) mass is 571 g/mol. The highest BCUT2D eigenvalue weighted by Gasteiger charge is 2.33. The zero-order valence-electron chi connectivity index (χ0n) is 23.0. The Hall–Kier alpha value is -4.12. The molecule has 1 atom stereocenters. The van der Waals surface area contributed by atoms with E-state index in [0.717, 1.165) is 16.4 Å². The van der Waals surface area contributed by atoms with Crippen LogP contribution < -0.4 is 19.1 Å². The molecule has 0 heterocycles. The van der Waals surface area contributed by atoms with E-state index in [4.69, 9.17) is 9.47 Å². The van der Waals surface area contributed by atoms with E-state index in [1.54, 1.807) is 38.1 Å². The number of carbonyl (C=O) groups is 2. The lowest BCUT2D eigenvalue weighted by Gasteiger charge is -2.33. The fourth-order valence-electron chi connectivity index (χ4n) is 4.19. The van der Waals surface area contributed by atoms with Gasteiger partial charge >= 0.3 is 0 Å². The van der Waals surface area contributed by atoms with Crippen molar-refractivity contribution in [3.05, 3.63) is 84.2 Å². The maximum absolute atomic E-state index is 14.0. The molecule has 214 valence electrons. The second kappa shape index (κ2) is 13.8. The van der Waals surface area contributed by atoms with Gasteiger partial charge in [0, 0.05) is 13.1 Å². The van der Waals surface area contributed by atoms with Gasteiger partial charge in [-0.2, -0.15) is 0 Å². The van der Waals surface area contributed by atoms with Gasteiger partial charge in [-0.15, -0.1) is 0 Å². The van der Waals surface area contributed by atoms with E-state index in [1.807, 2.05) is 0 Å². The third-order valence-corrected chi connectivity index (χ3v) is 8.05. The molecule has 0 spiro atoms.